The topological polar surface area (TPSA) is 79.9 Å². The Bertz CT molecular complexity index is 399. The van der Waals surface area contributed by atoms with E-state index in [0.29, 0.717) is 24.9 Å². The zero-order valence-electron chi connectivity index (χ0n) is 11.4. The highest BCUT2D eigenvalue weighted by atomic mass is 16.5. The second-order valence-electron chi connectivity index (χ2n) is 4.99. The Balaban J connectivity index is 1.70. The Morgan fingerprint density at radius 1 is 1.42 bits per heavy atom. The fourth-order valence-electron chi connectivity index (χ4n) is 2.50. The standard InChI is InChI=1S/C13H22N4O2/c1-2-19-13-15-12(16-17-13)14-11(18)9-8-10-6-4-3-5-7-10/h10H,2-9H2,1H3,(H2,14,15,16,17,18). The Morgan fingerprint density at radius 2 is 2.21 bits per heavy atom. The third kappa shape index (κ3) is 4.54. The first-order valence-electron chi connectivity index (χ1n) is 7.13. The van der Waals surface area contributed by atoms with Gasteiger partial charge >= 0.3 is 6.01 Å². The largest absolute Gasteiger partial charge is 0.463 e. The van der Waals surface area contributed by atoms with Crippen molar-refractivity contribution >= 4 is 11.9 Å². The number of carbonyl (C=O) groups excluding carboxylic acids is 1. The molecule has 1 heterocycles. The fourth-order valence-corrected chi connectivity index (χ4v) is 2.50. The minimum absolute atomic E-state index is 0.00947. The maximum atomic E-state index is 11.8. The molecule has 1 amide bonds. The SMILES string of the molecule is CCOc1n[nH]c(NC(=O)CCC2CCCCC2)n1. The van der Waals surface area contributed by atoms with Gasteiger partial charge in [-0.25, -0.2) is 5.10 Å². The van der Waals surface area contributed by atoms with E-state index in [1.807, 2.05) is 6.92 Å². The molecule has 0 radical (unpaired) electrons. The quantitative estimate of drug-likeness (QED) is 0.829. The molecule has 2 N–H and O–H groups in total. The van der Waals surface area contributed by atoms with Gasteiger partial charge in [-0.2, -0.15) is 4.98 Å². The van der Waals surface area contributed by atoms with E-state index < -0.39 is 0 Å². The Kier molecular flexibility index (Phi) is 5.18. The minimum Gasteiger partial charge on any atom is -0.463 e. The Morgan fingerprint density at radius 3 is 2.95 bits per heavy atom. The minimum atomic E-state index is -0.00947. The lowest BCUT2D eigenvalue weighted by Crippen LogP contribution is -2.15. The monoisotopic (exact) mass is 266 g/mol. The van der Waals surface area contributed by atoms with Crippen molar-refractivity contribution < 1.29 is 9.53 Å². The molecule has 0 spiro atoms. The van der Waals surface area contributed by atoms with E-state index >= 15 is 0 Å². The molecular formula is C13H22N4O2. The molecule has 6 nitrogen and oxygen atoms in total. The molecule has 1 aromatic heterocycles. The molecule has 106 valence electrons. The third-order valence-corrected chi connectivity index (χ3v) is 3.50. The Labute approximate surface area is 113 Å². The lowest BCUT2D eigenvalue weighted by atomic mass is 9.86. The van der Waals surface area contributed by atoms with E-state index in [1.54, 1.807) is 0 Å². The number of carbonyl (C=O) groups is 1. The van der Waals surface area contributed by atoms with Crippen LogP contribution in [0, 0.1) is 5.92 Å². The van der Waals surface area contributed by atoms with E-state index in [1.165, 1.54) is 32.1 Å². The first kappa shape index (κ1) is 13.8. The molecule has 1 aromatic rings. The van der Waals surface area contributed by atoms with Crippen LogP contribution in [0.4, 0.5) is 5.95 Å². The van der Waals surface area contributed by atoms with Gasteiger partial charge < -0.3 is 4.74 Å². The summed E-state index contributed by atoms with van der Waals surface area (Å²) in [5, 5.41) is 9.19. The zero-order chi connectivity index (χ0) is 13.5. The lowest BCUT2D eigenvalue weighted by Gasteiger charge is -2.20. The van der Waals surface area contributed by atoms with Crippen LogP contribution >= 0.6 is 0 Å². The number of nitrogens with one attached hydrogen (secondary N) is 2. The summed E-state index contributed by atoms with van der Waals surface area (Å²) in [6.45, 7) is 2.37. The van der Waals surface area contributed by atoms with Crippen LogP contribution in [0.2, 0.25) is 0 Å². The highest BCUT2D eigenvalue weighted by Gasteiger charge is 2.15. The van der Waals surface area contributed by atoms with Gasteiger partial charge in [0.1, 0.15) is 0 Å². The van der Waals surface area contributed by atoms with Gasteiger partial charge in [0.15, 0.2) is 0 Å². The molecule has 0 saturated heterocycles. The van der Waals surface area contributed by atoms with Crippen molar-refractivity contribution in [2.24, 2.45) is 5.92 Å². The molecule has 0 aromatic carbocycles. The molecule has 1 fully saturated rings. The second kappa shape index (κ2) is 7.11. The van der Waals surface area contributed by atoms with Gasteiger partial charge in [0.2, 0.25) is 11.9 Å². The summed E-state index contributed by atoms with van der Waals surface area (Å²) in [6, 6.07) is 0.269. The van der Waals surface area contributed by atoms with E-state index in [2.05, 4.69) is 20.5 Å². The summed E-state index contributed by atoms with van der Waals surface area (Å²) in [7, 11) is 0. The fraction of sp³-hybridized carbons (Fsp3) is 0.769. The molecule has 0 atom stereocenters. The van der Waals surface area contributed by atoms with Gasteiger partial charge in [0.05, 0.1) is 6.61 Å². The van der Waals surface area contributed by atoms with E-state index in [4.69, 9.17) is 4.74 Å². The van der Waals surface area contributed by atoms with E-state index in [9.17, 15) is 4.79 Å². The number of hydrogen-bond acceptors (Lipinski definition) is 4. The molecule has 0 bridgehead atoms. The van der Waals surface area contributed by atoms with Gasteiger partial charge in [-0.05, 0) is 19.3 Å². The molecule has 2 rings (SSSR count). The summed E-state index contributed by atoms with van der Waals surface area (Å²) in [5.74, 6) is 1.06. The first-order chi connectivity index (χ1) is 9.28. The molecule has 6 heteroatoms. The number of aromatic amines is 1. The molecule has 1 saturated carbocycles. The highest BCUT2D eigenvalue weighted by Crippen LogP contribution is 2.27. The molecular weight excluding hydrogens is 244 g/mol. The lowest BCUT2D eigenvalue weighted by molar-refractivity contribution is -0.116. The maximum Gasteiger partial charge on any atom is 0.337 e. The number of nitrogens with zero attached hydrogens (tertiary/aromatic N) is 2. The highest BCUT2D eigenvalue weighted by molar-refractivity contribution is 5.88. The number of aromatic nitrogens is 3. The summed E-state index contributed by atoms with van der Waals surface area (Å²) in [6.07, 6.45) is 8.03. The predicted molar refractivity (Wildman–Crippen MR) is 72.0 cm³/mol. The number of anilines is 1. The second-order valence-corrected chi connectivity index (χ2v) is 4.99. The van der Waals surface area contributed by atoms with Crippen molar-refractivity contribution in [3.05, 3.63) is 0 Å². The van der Waals surface area contributed by atoms with Crippen LogP contribution < -0.4 is 10.1 Å². The van der Waals surface area contributed by atoms with Crippen molar-refractivity contribution in [1.82, 2.24) is 15.2 Å². The van der Waals surface area contributed by atoms with Crippen LogP contribution in [0.15, 0.2) is 0 Å². The summed E-state index contributed by atoms with van der Waals surface area (Å²) >= 11 is 0. The summed E-state index contributed by atoms with van der Waals surface area (Å²) in [5.41, 5.74) is 0. The molecule has 0 aliphatic heterocycles. The van der Waals surface area contributed by atoms with Crippen LogP contribution in [0.25, 0.3) is 0 Å². The number of amides is 1. The Hall–Kier alpha value is -1.59. The molecule has 1 aliphatic rings. The van der Waals surface area contributed by atoms with Gasteiger partial charge in [0, 0.05) is 6.42 Å². The van der Waals surface area contributed by atoms with Crippen LogP contribution in [0.5, 0.6) is 6.01 Å². The number of rotatable bonds is 6. The van der Waals surface area contributed by atoms with Crippen molar-refractivity contribution in [1.29, 1.82) is 0 Å². The number of hydrogen-bond donors (Lipinski definition) is 2. The van der Waals surface area contributed by atoms with Crippen molar-refractivity contribution in [2.45, 2.75) is 51.9 Å². The normalized spacial score (nSPS) is 16.3. The van der Waals surface area contributed by atoms with Crippen LogP contribution in [-0.4, -0.2) is 27.7 Å². The molecule has 19 heavy (non-hydrogen) atoms. The zero-order valence-corrected chi connectivity index (χ0v) is 11.4. The van der Waals surface area contributed by atoms with E-state index in [-0.39, 0.29) is 11.9 Å². The first-order valence-corrected chi connectivity index (χ1v) is 7.13. The smallest absolute Gasteiger partial charge is 0.337 e. The van der Waals surface area contributed by atoms with Crippen molar-refractivity contribution in [2.75, 3.05) is 11.9 Å². The third-order valence-electron chi connectivity index (χ3n) is 3.50. The number of ether oxygens (including phenoxy) is 1. The van der Waals surface area contributed by atoms with Crippen LogP contribution in [0.1, 0.15) is 51.9 Å². The number of H-pyrrole nitrogens is 1. The van der Waals surface area contributed by atoms with Crippen molar-refractivity contribution in [3.8, 4) is 6.01 Å². The average Bonchev–Trinajstić information content (AvgIpc) is 2.85. The molecule has 0 unspecified atom stereocenters. The van der Waals surface area contributed by atoms with Crippen LogP contribution in [-0.2, 0) is 4.79 Å². The van der Waals surface area contributed by atoms with Crippen molar-refractivity contribution in [3.63, 3.8) is 0 Å². The summed E-state index contributed by atoms with van der Waals surface area (Å²) < 4.78 is 5.12. The van der Waals surface area contributed by atoms with Gasteiger partial charge in [-0.3, -0.25) is 10.1 Å². The molecule has 1 aliphatic carbocycles. The summed E-state index contributed by atoms with van der Waals surface area (Å²) in [4.78, 5) is 15.8. The maximum absolute atomic E-state index is 11.8. The van der Waals surface area contributed by atoms with Crippen LogP contribution in [0.3, 0.4) is 0 Å². The van der Waals surface area contributed by atoms with Gasteiger partial charge in [-0.1, -0.05) is 32.1 Å². The van der Waals surface area contributed by atoms with Gasteiger partial charge in [-0.15, -0.1) is 5.10 Å². The van der Waals surface area contributed by atoms with E-state index in [0.717, 1.165) is 6.42 Å². The van der Waals surface area contributed by atoms with Gasteiger partial charge in [0.25, 0.3) is 0 Å². The predicted octanol–water partition coefficient (Wildman–Crippen LogP) is 2.50. The average molecular weight is 266 g/mol.